The molecular formula is C15H23N3O2. The summed E-state index contributed by atoms with van der Waals surface area (Å²) in [5.41, 5.74) is 7.27. The third-order valence-electron chi connectivity index (χ3n) is 2.92. The zero-order valence-electron chi connectivity index (χ0n) is 12.3. The minimum absolute atomic E-state index is 0.0279. The molecule has 0 radical (unpaired) electrons. The number of rotatable bonds is 6. The van der Waals surface area contributed by atoms with Crippen molar-refractivity contribution in [2.45, 2.75) is 32.2 Å². The molecule has 1 aromatic rings. The first-order valence-corrected chi connectivity index (χ1v) is 6.73. The highest BCUT2D eigenvalue weighted by atomic mass is 16.2. The summed E-state index contributed by atoms with van der Waals surface area (Å²) in [4.78, 5) is 24.8. The second kappa shape index (κ2) is 7.65. The Morgan fingerprint density at radius 3 is 2.35 bits per heavy atom. The first-order chi connectivity index (χ1) is 9.38. The molecule has 0 saturated carbocycles. The molecule has 5 heteroatoms. The summed E-state index contributed by atoms with van der Waals surface area (Å²) in [7, 11) is 3.46. The molecule has 0 aliphatic carbocycles. The van der Waals surface area contributed by atoms with E-state index in [0.717, 1.165) is 11.3 Å². The van der Waals surface area contributed by atoms with E-state index in [1.165, 1.54) is 0 Å². The normalized spacial score (nSPS) is 11.8. The van der Waals surface area contributed by atoms with Gasteiger partial charge in [-0.25, -0.2) is 0 Å². The molecule has 1 aromatic carbocycles. The fraction of sp³-hybridized carbons (Fsp3) is 0.467. The highest BCUT2D eigenvalue weighted by molar-refractivity contribution is 5.90. The summed E-state index contributed by atoms with van der Waals surface area (Å²) in [6.45, 7) is 1.88. The minimum atomic E-state index is -0.0422. The number of nitrogens with two attached hydrogens (primary N) is 1. The van der Waals surface area contributed by atoms with Crippen molar-refractivity contribution < 1.29 is 9.59 Å². The zero-order valence-corrected chi connectivity index (χ0v) is 12.3. The molecule has 0 bridgehead atoms. The molecule has 110 valence electrons. The van der Waals surface area contributed by atoms with Crippen molar-refractivity contribution in [1.82, 2.24) is 4.90 Å². The molecule has 3 N–H and O–H groups in total. The number of amides is 2. The van der Waals surface area contributed by atoms with Crippen molar-refractivity contribution in [1.29, 1.82) is 0 Å². The van der Waals surface area contributed by atoms with Crippen molar-refractivity contribution in [3.63, 3.8) is 0 Å². The van der Waals surface area contributed by atoms with E-state index >= 15 is 0 Å². The third-order valence-corrected chi connectivity index (χ3v) is 2.92. The second-order valence-corrected chi connectivity index (χ2v) is 5.23. The Labute approximate surface area is 120 Å². The lowest BCUT2D eigenvalue weighted by atomic mass is 10.1. The van der Waals surface area contributed by atoms with Gasteiger partial charge >= 0.3 is 0 Å². The molecular weight excluding hydrogens is 254 g/mol. The predicted molar refractivity (Wildman–Crippen MR) is 80.4 cm³/mol. The average molecular weight is 277 g/mol. The van der Waals surface area contributed by atoms with Crippen molar-refractivity contribution in [3.8, 4) is 0 Å². The van der Waals surface area contributed by atoms with Crippen LogP contribution in [0.1, 0.15) is 25.3 Å². The van der Waals surface area contributed by atoms with Crippen LogP contribution in [0.2, 0.25) is 0 Å². The Balaban J connectivity index is 2.50. The lowest BCUT2D eigenvalue weighted by Crippen LogP contribution is -2.23. The second-order valence-electron chi connectivity index (χ2n) is 5.23. The maximum absolute atomic E-state index is 11.6. The number of hydrogen-bond donors (Lipinski definition) is 2. The van der Waals surface area contributed by atoms with Gasteiger partial charge in [-0.1, -0.05) is 12.1 Å². The molecule has 20 heavy (non-hydrogen) atoms. The van der Waals surface area contributed by atoms with Gasteiger partial charge in [0.2, 0.25) is 11.8 Å². The van der Waals surface area contributed by atoms with E-state index < -0.39 is 0 Å². The third kappa shape index (κ3) is 5.84. The van der Waals surface area contributed by atoms with E-state index in [4.69, 9.17) is 5.73 Å². The molecule has 1 rings (SSSR count). The largest absolute Gasteiger partial charge is 0.349 e. The molecule has 0 saturated heterocycles. The van der Waals surface area contributed by atoms with Crippen LogP contribution in [0, 0.1) is 0 Å². The lowest BCUT2D eigenvalue weighted by molar-refractivity contribution is -0.128. The maximum Gasteiger partial charge on any atom is 0.226 e. The minimum Gasteiger partial charge on any atom is -0.349 e. The molecule has 0 aromatic heterocycles. The summed E-state index contributed by atoms with van der Waals surface area (Å²) in [6.07, 6.45) is 1.45. The maximum atomic E-state index is 11.6. The van der Waals surface area contributed by atoms with Crippen LogP contribution >= 0.6 is 0 Å². The van der Waals surface area contributed by atoms with Crippen LogP contribution in [0.25, 0.3) is 0 Å². The first-order valence-electron chi connectivity index (χ1n) is 6.73. The van der Waals surface area contributed by atoms with Gasteiger partial charge in [-0.2, -0.15) is 0 Å². The number of nitrogens with zero attached hydrogens (tertiary/aromatic N) is 1. The Kier molecular flexibility index (Phi) is 6.18. The number of likely N-dealkylation sites (N-methyl/N-ethyl adjacent to an activating group) is 1. The van der Waals surface area contributed by atoms with Crippen molar-refractivity contribution in [2.24, 2.45) is 5.73 Å². The van der Waals surface area contributed by atoms with E-state index in [9.17, 15) is 9.59 Å². The van der Waals surface area contributed by atoms with E-state index in [0.29, 0.717) is 19.3 Å². The molecule has 0 aliphatic rings. The van der Waals surface area contributed by atoms with E-state index in [1.54, 1.807) is 19.0 Å². The monoisotopic (exact) mass is 277 g/mol. The summed E-state index contributed by atoms with van der Waals surface area (Å²) in [6, 6.07) is 7.34. The van der Waals surface area contributed by atoms with Gasteiger partial charge in [-0.3, -0.25) is 9.59 Å². The molecule has 1 unspecified atom stereocenters. The van der Waals surface area contributed by atoms with Gasteiger partial charge in [0.15, 0.2) is 0 Å². The number of anilines is 1. The summed E-state index contributed by atoms with van der Waals surface area (Å²) >= 11 is 0. The number of carbonyl (C=O) groups is 2. The van der Waals surface area contributed by atoms with Crippen LogP contribution in [-0.2, 0) is 16.0 Å². The topological polar surface area (TPSA) is 75.4 Å². The SMILES string of the molecule is CC(N)CCC(=O)Nc1ccc(CC(=O)N(C)C)cc1. The molecule has 0 aliphatic heterocycles. The van der Waals surface area contributed by atoms with Crippen LogP contribution in [0.5, 0.6) is 0 Å². The summed E-state index contributed by atoms with van der Waals surface area (Å²) in [5.74, 6) is 0.0122. The lowest BCUT2D eigenvalue weighted by Gasteiger charge is -2.11. The van der Waals surface area contributed by atoms with Gasteiger partial charge in [-0.15, -0.1) is 0 Å². The Bertz CT molecular complexity index is 453. The molecule has 5 nitrogen and oxygen atoms in total. The van der Waals surface area contributed by atoms with Gasteiger partial charge in [0.1, 0.15) is 0 Å². The first kappa shape index (κ1) is 16.2. The number of benzene rings is 1. The van der Waals surface area contributed by atoms with Gasteiger partial charge in [0.05, 0.1) is 6.42 Å². The van der Waals surface area contributed by atoms with Gasteiger partial charge in [0, 0.05) is 32.2 Å². The molecule has 1 atom stereocenters. The van der Waals surface area contributed by atoms with Crippen LogP contribution in [0.4, 0.5) is 5.69 Å². The smallest absolute Gasteiger partial charge is 0.226 e. The Morgan fingerprint density at radius 2 is 1.85 bits per heavy atom. The Hall–Kier alpha value is -1.88. The number of carbonyl (C=O) groups excluding carboxylic acids is 2. The fourth-order valence-electron chi connectivity index (χ4n) is 1.62. The zero-order chi connectivity index (χ0) is 15.1. The Morgan fingerprint density at radius 1 is 1.25 bits per heavy atom. The predicted octanol–water partition coefficient (Wildman–Crippen LogP) is 1.38. The summed E-state index contributed by atoms with van der Waals surface area (Å²) < 4.78 is 0. The van der Waals surface area contributed by atoms with Crippen LogP contribution in [-0.4, -0.2) is 36.9 Å². The van der Waals surface area contributed by atoms with Crippen LogP contribution in [0.15, 0.2) is 24.3 Å². The van der Waals surface area contributed by atoms with Gasteiger partial charge in [-0.05, 0) is 31.0 Å². The van der Waals surface area contributed by atoms with Crippen LogP contribution < -0.4 is 11.1 Å². The van der Waals surface area contributed by atoms with Crippen LogP contribution in [0.3, 0.4) is 0 Å². The fourth-order valence-corrected chi connectivity index (χ4v) is 1.62. The summed E-state index contributed by atoms with van der Waals surface area (Å²) in [5, 5.41) is 2.81. The van der Waals surface area contributed by atoms with Crippen molar-refractivity contribution in [2.75, 3.05) is 19.4 Å². The van der Waals surface area contributed by atoms with Crippen molar-refractivity contribution >= 4 is 17.5 Å². The highest BCUT2D eigenvalue weighted by Gasteiger charge is 2.07. The highest BCUT2D eigenvalue weighted by Crippen LogP contribution is 2.11. The van der Waals surface area contributed by atoms with Gasteiger partial charge in [0.25, 0.3) is 0 Å². The van der Waals surface area contributed by atoms with E-state index in [1.807, 2.05) is 31.2 Å². The van der Waals surface area contributed by atoms with E-state index in [2.05, 4.69) is 5.32 Å². The molecule has 2 amide bonds. The quantitative estimate of drug-likeness (QED) is 0.825. The molecule has 0 spiro atoms. The number of nitrogens with one attached hydrogen (secondary N) is 1. The van der Waals surface area contributed by atoms with E-state index in [-0.39, 0.29) is 17.9 Å². The molecule has 0 fully saturated rings. The van der Waals surface area contributed by atoms with Gasteiger partial charge < -0.3 is 16.0 Å². The molecule has 0 heterocycles. The average Bonchev–Trinajstić information content (AvgIpc) is 2.38. The number of hydrogen-bond acceptors (Lipinski definition) is 3. The van der Waals surface area contributed by atoms with Crippen molar-refractivity contribution in [3.05, 3.63) is 29.8 Å². The standard InChI is InChI=1S/C15H23N3O2/c1-11(16)4-9-14(19)17-13-7-5-12(6-8-13)10-15(20)18(2)3/h5-8,11H,4,9-10,16H2,1-3H3,(H,17,19).